The van der Waals surface area contributed by atoms with Gasteiger partial charge in [-0.05, 0) is 30.7 Å². The molecule has 0 aliphatic heterocycles. The fraction of sp³-hybridized carbons (Fsp3) is 0.133. The van der Waals surface area contributed by atoms with Crippen LogP contribution in [0.15, 0.2) is 29.7 Å². The molecule has 1 N–H and O–H groups in total. The van der Waals surface area contributed by atoms with E-state index < -0.39 is 5.97 Å². The highest BCUT2D eigenvalue weighted by atomic mass is 35.5. The Morgan fingerprint density at radius 3 is 2.83 bits per heavy atom. The number of aromatic nitrogens is 1. The number of esters is 1. The number of halogens is 2. The van der Waals surface area contributed by atoms with Gasteiger partial charge >= 0.3 is 5.97 Å². The van der Waals surface area contributed by atoms with Gasteiger partial charge in [0.15, 0.2) is 10.8 Å². The van der Waals surface area contributed by atoms with Gasteiger partial charge in [-0.3, -0.25) is 10.1 Å². The largest absolute Gasteiger partial charge is 0.461 e. The number of ether oxygens (including phenoxy) is 1. The molecule has 2 aromatic rings. The number of amides is 1. The number of rotatable bonds is 5. The lowest BCUT2D eigenvalue weighted by Gasteiger charge is -1.99. The Labute approximate surface area is 146 Å². The summed E-state index contributed by atoms with van der Waals surface area (Å²) in [5.74, 6) is -0.892. The van der Waals surface area contributed by atoms with E-state index >= 15 is 0 Å². The number of thiazole rings is 1. The Hall–Kier alpha value is -1.89. The summed E-state index contributed by atoms with van der Waals surface area (Å²) in [5.41, 5.74) is 0.904. The number of hydrogen-bond acceptors (Lipinski definition) is 5. The van der Waals surface area contributed by atoms with Crippen LogP contribution in [0.2, 0.25) is 10.0 Å². The third-order valence-electron chi connectivity index (χ3n) is 2.59. The molecule has 0 aliphatic rings. The first-order chi connectivity index (χ1) is 11.0. The molecule has 2 rings (SSSR count). The predicted molar refractivity (Wildman–Crippen MR) is 92.2 cm³/mol. The molecule has 23 heavy (non-hydrogen) atoms. The van der Waals surface area contributed by atoms with E-state index in [0.717, 1.165) is 16.9 Å². The SMILES string of the molecule is CCOC(=O)c1csc(NC(=O)/C=C/c2ccc(Cl)c(Cl)c2)n1. The van der Waals surface area contributed by atoms with Gasteiger partial charge in [0, 0.05) is 11.5 Å². The molecule has 1 aromatic heterocycles. The molecule has 0 saturated carbocycles. The van der Waals surface area contributed by atoms with Crippen LogP contribution in [0.4, 0.5) is 5.13 Å². The fourth-order valence-corrected chi connectivity index (χ4v) is 2.55. The molecule has 0 fully saturated rings. The predicted octanol–water partition coefficient (Wildman–Crippen LogP) is 4.28. The van der Waals surface area contributed by atoms with E-state index in [4.69, 9.17) is 27.9 Å². The standard InChI is InChI=1S/C15H12Cl2N2O3S/c1-2-22-14(21)12-8-23-15(18-12)19-13(20)6-4-9-3-5-10(16)11(17)7-9/h3-8H,2H2,1H3,(H,18,19,20)/b6-4+. The second-order valence-electron chi connectivity index (χ2n) is 4.25. The number of anilines is 1. The van der Waals surface area contributed by atoms with Crippen molar-refractivity contribution in [1.29, 1.82) is 0 Å². The number of carbonyl (C=O) groups is 2. The third kappa shape index (κ3) is 5.06. The number of nitrogens with one attached hydrogen (secondary N) is 1. The minimum absolute atomic E-state index is 0.167. The van der Waals surface area contributed by atoms with Crippen molar-refractivity contribution in [2.45, 2.75) is 6.92 Å². The first kappa shape index (κ1) is 17.5. The molecule has 0 unspecified atom stereocenters. The van der Waals surface area contributed by atoms with Crippen molar-refractivity contribution in [1.82, 2.24) is 4.98 Å². The second kappa shape index (κ2) is 8.10. The molecule has 120 valence electrons. The van der Waals surface area contributed by atoms with E-state index in [-0.39, 0.29) is 18.2 Å². The smallest absolute Gasteiger partial charge is 0.357 e. The summed E-state index contributed by atoms with van der Waals surface area (Å²) in [4.78, 5) is 27.3. The van der Waals surface area contributed by atoms with Gasteiger partial charge in [-0.2, -0.15) is 0 Å². The summed E-state index contributed by atoms with van der Waals surface area (Å²) in [6.07, 6.45) is 2.93. The van der Waals surface area contributed by atoms with Crippen molar-refractivity contribution >= 4 is 57.6 Å². The summed E-state index contributed by atoms with van der Waals surface area (Å²) in [6, 6.07) is 5.03. The van der Waals surface area contributed by atoms with E-state index in [1.165, 1.54) is 11.5 Å². The monoisotopic (exact) mass is 370 g/mol. The van der Waals surface area contributed by atoms with Gasteiger partial charge in [0.25, 0.3) is 0 Å². The molecule has 5 nitrogen and oxygen atoms in total. The van der Waals surface area contributed by atoms with Crippen LogP contribution in [-0.4, -0.2) is 23.5 Å². The number of carbonyl (C=O) groups excluding carboxylic acids is 2. The summed E-state index contributed by atoms with van der Waals surface area (Å²) in [6.45, 7) is 1.98. The summed E-state index contributed by atoms with van der Waals surface area (Å²) in [5, 5.41) is 5.27. The maximum atomic E-state index is 11.8. The zero-order valence-corrected chi connectivity index (χ0v) is 14.3. The van der Waals surface area contributed by atoms with Gasteiger partial charge in [-0.1, -0.05) is 29.3 Å². The highest BCUT2D eigenvalue weighted by Crippen LogP contribution is 2.23. The summed E-state index contributed by atoms with van der Waals surface area (Å²) < 4.78 is 4.83. The maximum Gasteiger partial charge on any atom is 0.357 e. The Morgan fingerprint density at radius 1 is 1.35 bits per heavy atom. The van der Waals surface area contributed by atoms with Crippen molar-refractivity contribution in [3.63, 3.8) is 0 Å². The molecule has 0 aliphatic carbocycles. The van der Waals surface area contributed by atoms with Crippen LogP contribution in [0, 0.1) is 0 Å². The Bertz CT molecular complexity index is 759. The average molecular weight is 371 g/mol. The quantitative estimate of drug-likeness (QED) is 0.629. The van der Waals surface area contributed by atoms with Crippen LogP contribution < -0.4 is 5.32 Å². The summed E-state index contributed by atoms with van der Waals surface area (Å²) in [7, 11) is 0. The molecule has 1 heterocycles. The van der Waals surface area contributed by atoms with Crippen LogP contribution in [0.1, 0.15) is 23.0 Å². The second-order valence-corrected chi connectivity index (χ2v) is 5.93. The van der Waals surface area contributed by atoms with Crippen molar-refractivity contribution in [3.05, 3.63) is 51.0 Å². The Morgan fingerprint density at radius 2 is 2.13 bits per heavy atom. The van der Waals surface area contributed by atoms with Crippen molar-refractivity contribution < 1.29 is 14.3 Å². The minimum atomic E-state index is -0.518. The molecule has 0 atom stereocenters. The molecule has 1 aromatic carbocycles. The third-order valence-corrected chi connectivity index (χ3v) is 4.09. The summed E-state index contributed by atoms with van der Waals surface area (Å²) >= 11 is 12.9. The molecular formula is C15H12Cl2N2O3S. The first-order valence-corrected chi connectivity index (χ1v) is 8.20. The van der Waals surface area contributed by atoms with Gasteiger partial charge in [0.2, 0.25) is 5.91 Å². The number of benzene rings is 1. The van der Waals surface area contributed by atoms with E-state index in [1.807, 2.05) is 0 Å². The van der Waals surface area contributed by atoms with Crippen LogP contribution in [0.25, 0.3) is 6.08 Å². The zero-order chi connectivity index (χ0) is 16.8. The average Bonchev–Trinajstić information content (AvgIpc) is 2.97. The van der Waals surface area contributed by atoms with Gasteiger partial charge in [0.1, 0.15) is 0 Å². The van der Waals surface area contributed by atoms with Crippen LogP contribution in [0.5, 0.6) is 0 Å². The topological polar surface area (TPSA) is 68.3 Å². The van der Waals surface area contributed by atoms with Crippen molar-refractivity contribution in [2.75, 3.05) is 11.9 Å². The normalized spacial score (nSPS) is 10.7. The number of hydrogen-bond donors (Lipinski definition) is 1. The zero-order valence-electron chi connectivity index (χ0n) is 12.0. The molecule has 0 radical (unpaired) electrons. The van der Waals surface area contributed by atoms with E-state index in [2.05, 4.69) is 10.3 Å². The molecule has 0 bridgehead atoms. The maximum absolute atomic E-state index is 11.8. The Kier molecular flexibility index (Phi) is 6.15. The highest BCUT2D eigenvalue weighted by molar-refractivity contribution is 7.14. The van der Waals surface area contributed by atoms with E-state index in [9.17, 15) is 9.59 Å². The van der Waals surface area contributed by atoms with Gasteiger partial charge in [0.05, 0.1) is 16.7 Å². The van der Waals surface area contributed by atoms with Gasteiger partial charge in [-0.15, -0.1) is 11.3 Å². The molecule has 0 spiro atoms. The fourth-order valence-electron chi connectivity index (χ4n) is 1.56. The van der Waals surface area contributed by atoms with Crippen LogP contribution in [0.3, 0.4) is 0 Å². The molecule has 8 heteroatoms. The van der Waals surface area contributed by atoms with Crippen molar-refractivity contribution in [2.24, 2.45) is 0 Å². The van der Waals surface area contributed by atoms with E-state index in [0.29, 0.717) is 15.2 Å². The minimum Gasteiger partial charge on any atom is -0.461 e. The first-order valence-electron chi connectivity index (χ1n) is 6.56. The number of nitrogens with zero attached hydrogens (tertiary/aromatic N) is 1. The Balaban J connectivity index is 1.98. The lowest BCUT2D eigenvalue weighted by Crippen LogP contribution is -2.09. The van der Waals surface area contributed by atoms with E-state index in [1.54, 1.807) is 31.2 Å². The lowest BCUT2D eigenvalue weighted by atomic mass is 10.2. The van der Waals surface area contributed by atoms with Crippen LogP contribution >= 0.6 is 34.5 Å². The lowest BCUT2D eigenvalue weighted by molar-refractivity contribution is -0.111. The van der Waals surface area contributed by atoms with Gasteiger partial charge in [-0.25, -0.2) is 9.78 Å². The molecule has 1 amide bonds. The van der Waals surface area contributed by atoms with Crippen molar-refractivity contribution in [3.8, 4) is 0 Å². The van der Waals surface area contributed by atoms with Gasteiger partial charge < -0.3 is 4.74 Å². The highest BCUT2D eigenvalue weighted by Gasteiger charge is 2.12. The van der Waals surface area contributed by atoms with Crippen LogP contribution in [-0.2, 0) is 9.53 Å². The molecule has 0 saturated heterocycles. The molecular weight excluding hydrogens is 359 g/mol.